The summed E-state index contributed by atoms with van der Waals surface area (Å²) < 4.78 is 5.95. The second-order valence-electron chi connectivity index (χ2n) is 5.97. The lowest BCUT2D eigenvalue weighted by Crippen LogP contribution is -2.26. The quantitative estimate of drug-likeness (QED) is 0.630. The van der Waals surface area contributed by atoms with Gasteiger partial charge in [0, 0.05) is 22.1 Å². The summed E-state index contributed by atoms with van der Waals surface area (Å²) in [5, 5.41) is 2.49. The first kappa shape index (κ1) is 17.0. The molecule has 2 aromatic rings. The number of allylic oxidation sites excluding steroid dienone is 1. The third kappa shape index (κ3) is 3.65. The number of anilines is 1. The Hall–Kier alpha value is -0.820. The molecule has 2 N–H and O–H groups in total. The van der Waals surface area contributed by atoms with Crippen LogP contribution in [-0.2, 0) is 17.8 Å². The van der Waals surface area contributed by atoms with Crippen LogP contribution in [0.25, 0.3) is 10.2 Å². The molecule has 3 heterocycles. The molecule has 0 saturated heterocycles. The molecule has 0 bridgehead atoms. The average Bonchev–Trinajstić information content (AvgIpc) is 2.84. The van der Waals surface area contributed by atoms with Crippen molar-refractivity contribution in [1.29, 1.82) is 0 Å². The van der Waals surface area contributed by atoms with Gasteiger partial charge in [-0.25, -0.2) is 9.97 Å². The summed E-state index contributed by atoms with van der Waals surface area (Å²) in [5.74, 6) is 1.80. The molecule has 4 nitrogen and oxygen atoms in total. The molecular formula is C16H20ClN3OS2. The lowest BCUT2D eigenvalue weighted by atomic mass is 9.96. The van der Waals surface area contributed by atoms with Crippen molar-refractivity contribution in [2.24, 2.45) is 5.92 Å². The predicted octanol–water partition coefficient (Wildman–Crippen LogP) is 4.61. The van der Waals surface area contributed by atoms with Gasteiger partial charge in [0.2, 0.25) is 0 Å². The maximum absolute atomic E-state index is 6.24. The minimum atomic E-state index is 0.241. The fraction of sp³-hybridized carbons (Fsp3) is 0.500. The van der Waals surface area contributed by atoms with E-state index in [1.165, 1.54) is 10.4 Å². The summed E-state index contributed by atoms with van der Waals surface area (Å²) in [4.78, 5) is 11.3. The first-order valence-corrected chi connectivity index (χ1v) is 9.78. The largest absolute Gasteiger partial charge is 0.383 e. The van der Waals surface area contributed by atoms with Gasteiger partial charge in [-0.15, -0.1) is 11.3 Å². The number of rotatable bonds is 4. The molecule has 0 unspecified atom stereocenters. The smallest absolute Gasteiger partial charge is 0.191 e. The zero-order valence-corrected chi connectivity index (χ0v) is 15.8. The van der Waals surface area contributed by atoms with E-state index in [1.807, 2.05) is 13.0 Å². The van der Waals surface area contributed by atoms with Gasteiger partial charge in [0.05, 0.1) is 18.1 Å². The Morgan fingerprint density at radius 3 is 3.00 bits per heavy atom. The monoisotopic (exact) mass is 369 g/mol. The molecule has 0 spiro atoms. The van der Waals surface area contributed by atoms with Gasteiger partial charge in [0.25, 0.3) is 0 Å². The van der Waals surface area contributed by atoms with Gasteiger partial charge in [0.1, 0.15) is 10.6 Å². The van der Waals surface area contributed by atoms with Crippen LogP contribution >= 0.6 is 34.7 Å². The van der Waals surface area contributed by atoms with Gasteiger partial charge in [-0.2, -0.15) is 0 Å². The molecule has 0 aliphatic carbocycles. The van der Waals surface area contributed by atoms with Crippen molar-refractivity contribution < 1.29 is 4.74 Å². The molecule has 1 atom stereocenters. The molecule has 23 heavy (non-hydrogen) atoms. The number of nitrogens with zero attached hydrogens (tertiary/aromatic N) is 2. The van der Waals surface area contributed by atoms with E-state index in [1.54, 1.807) is 23.1 Å². The van der Waals surface area contributed by atoms with Gasteiger partial charge in [-0.05, 0) is 18.4 Å². The van der Waals surface area contributed by atoms with E-state index < -0.39 is 0 Å². The molecule has 1 aliphatic rings. The number of thioether (sulfide) groups is 1. The van der Waals surface area contributed by atoms with Crippen LogP contribution in [0.3, 0.4) is 0 Å². The topological polar surface area (TPSA) is 61.0 Å². The van der Waals surface area contributed by atoms with Gasteiger partial charge in [-0.1, -0.05) is 43.3 Å². The molecule has 0 fully saturated rings. The van der Waals surface area contributed by atoms with Gasteiger partial charge < -0.3 is 10.5 Å². The number of hydrogen-bond donors (Lipinski definition) is 1. The van der Waals surface area contributed by atoms with E-state index in [9.17, 15) is 0 Å². The molecular weight excluding hydrogens is 350 g/mol. The van der Waals surface area contributed by atoms with E-state index in [-0.39, 0.29) is 6.10 Å². The number of nitrogen functional groups attached to an aromatic ring is 1. The zero-order chi connectivity index (χ0) is 16.6. The molecule has 3 rings (SSSR count). The summed E-state index contributed by atoms with van der Waals surface area (Å²) in [6.45, 7) is 6.88. The Morgan fingerprint density at radius 2 is 2.30 bits per heavy atom. The highest BCUT2D eigenvalue weighted by molar-refractivity contribution is 7.99. The maximum atomic E-state index is 6.24. The van der Waals surface area contributed by atoms with Crippen LogP contribution in [0.5, 0.6) is 0 Å². The van der Waals surface area contributed by atoms with E-state index in [0.717, 1.165) is 27.4 Å². The van der Waals surface area contributed by atoms with Gasteiger partial charge >= 0.3 is 0 Å². The van der Waals surface area contributed by atoms with Crippen LogP contribution in [0.1, 0.15) is 31.2 Å². The third-order valence-corrected chi connectivity index (χ3v) is 5.92. The lowest BCUT2D eigenvalue weighted by molar-refractivity contribution is 0.00203. The number of nitrogens with two attached hydrogens (primary N) is 1. The highest BCUT2D eigenvalue weighted by atomic mass is 35.5. The molecule has 0 saturated carbocycles. The summed E-state index contributed by atoms with van der Waals surface area (Å²) in [5.41, 5.74) is 7.52. The van der Waals surface area contributed by atoms with Crippen molar-refractivity contribution in [3.8, 4) is 0 Å². The number of thiophene rings is 1. The van der Waals surface area contributed by atoms with Crippen molar-refractivity contribution >= 4 is 50.7 Å². The number of aromatic nitrogens is 2. The number of halogens is 1. The summed E-state index contributed by atoms with van der Waals surface area (Å²) in [7, 11) is 0. The molecule has 0 radical (unpaired) electrons. The average molecular weight is 370 g/mol. The van der Waals surface area contributed by atoms with Gasteiger partial charge in [-0.3, -0.25) is 0 Å². The predicted molar refractivity (Wildman–Crippen MR) is 99.3 cm³/mol. The van der Waals surface area contributed by atoms with Crippen molar-refractivity contribution in [3.63, 3.8) is 0 Å². The van der Waals surface area contributed by atoms with Crippen molar-refractivity contribution in [1.82, 2.24) is 9.97 Å². The number of ether oxygens (including phenoxy) is 1. The first-order chi connectivity index (χ1) is 11.0. The van der Waals surface area contributed by atoms with Crippen LogP contribution in [0.15, 0.2) is 16.3 Å². The van der Waals surface area contributed by atoms with E-state index in [4.69, 9.17) is 22.1 Å². The minimum absolute atomic E-state index is 0.241. The molecule has 7 heteroatoms. The van der Waals surface area contributed by atoms with Crippen molar-refractivity contribution in [2.75, 3.05) is 11.5 Å². The van der Waals surface area contributed by atoms with Crippen LogP contribution in [-0.4, -0.2) is 21.8 Å². The Kier molecular flexibility index (Phi) is 5.16. The second kappa shape index (κ2) is 6.97. The highest BCUT2D eigenvalue weighted by Gasteiger charge is 2.27. The summed E-state index contributed by atoms with van der Waals surface area (Å²) >= 11 is 9.06. The van der Waals surface area contributed by atoms with E-state index in [2.05, 4.69) is 23.8 Å². The standard InChI is InChI=1S/C16H20ClN3OS2/c1-8(2)11-6-10-12(7-21-11)23-15-13(10)14(18)19-16(20-15)22-5-4-9(3)17/h4,8,11H,5-7H2,1-3H3,(H2,18,19,20)/b9-4-/t11-/m1/s1. The zero-order valence-electron chi connectivity index (χ0n) is 13.4. The fourth-order valence-electron chi connectivity index (χ4n) is 2.61. The Morgan fingerprint density at radius 1 is 1.52 bits per heavy atom. The van der Waals surface area contributed by atoms with Crippen LogP contribution in [0, 0.1) is 5.92 Å². The molecule has 124 valence electrons. The summed E-state index contributed by atoms with van der Waals surface area (Å²) in [6.07, 6.45) is 3.07. The van der Waals surface area contributed by atoms with E-state index in [0.29, 0.717) is 23.5 Å². The van der Waals surface area contributed by atoms with Crippen LogP contribution in [0.2, 0.25) is 0 Å². The van der Waals surface area contributed by atoms with Crippen LogP contribution < -0.4 is 5.73 Å². The van der Waals surface area contributed by atoms with Crippen molar-refractivity contribution in [3.05, 3.63) is 21.5 Å². The second-order valence-corrected chi connectivity index (χ2v) is 8.64. The molecule has 0 amide bonds. The Bertz CT molecular complexity index is 753. The normalized spacial score (nSPS) is 18.7. The lowest BCUT2D eigenvalue weighted by Gasteiger charge is -2.26. The number of fused-ring (bicyclic) bond motifs is 3. The Labute approximate surface area is 149 Å². The highest BCUT2D eigenvalue weighted by Crippen LogP contribution is 2.39. The maximum Gasteiger partial charge on any atom is 0.191 e. The first-order valence-electron chi connectivity index (χ1n) is 7.60. The molecule has 0 aromatic carbocycles. The van der Waals surface area contributed by atoms with Gasteiger partial charge in [0.15, 0.2) is 5.16 Å². The minimum Gasteiger partial charge on any atom is -0.383 e. The fourth-order valence-corrected chi connectivity index (χ4v) is 4.77. The van der Waals surface area contributed by atoms with Crippen LogP contribution in [0.4, 0.5) is 5.82 Å². The summed E-state index contributed by atoms with van der Waals surface area (Å²) in [6, 6.07) is 0. The third-order valence-electron chi connectivity index (χ3n) is 3.90. The molecule has 2 aromatic heterocycles. The van der Waals surface area contributed by atoms with E-state index >= 15 is 0 Å². The number of hydrogen-bond acceptors (Lipinski definition) is 6. The van der Waals surface area contributed by atoms with Crippen molar-refractivity contribution in [2.45, 2.75) is 45.1 Å². The molecule has 1 aliphatic heterocycles. The SMILES string of the molecule is C/C(Cl)=C/CSc1nc(N)c2c3c(sc2n1)CO[C@@H](C(C)C)C3. The Balaban J connectivity index is 1.93.